The summed E-state index contributed by atoms with van der Waals surface area (Å²) in [7, 11) is 0. The van der Waals surface area contributed by atoms with Crippen LogP contribution in [0.5, 0.6) is 0 Å². The minimum Gasteiger partial charge on any atom is -0.384 e. The van der Waals surface area contributed by atoms with Gasteiger partial charge in [0.15, 0.2) is 5.65 Å². The number of hydrogen-bond donors (Lipinski definition) is 1. The number of fused-ring (bicyclic) bond motifs is 1. The van der Waals surface area contributed by atoms with Crippen molar-refractivity contribution in [1.29, 1.82) is 0 Å². The summed E-state index contributed by atoms with van der Waals surface area (Å²) in [6.45, 7) is 5.73. The second-order valence-electron chi connectivity index (χ2n) is 6.75. The van der Waals surface area contributed by atoms with Crippen LogP contribution in [0.4, 0.5) is 11.6 Å². The van der Waals surface area contributed by atoms with Gasteiger partial charge in [-0.1, -0.05) is 0 Å². The van der Waals surface area contributed by atoms with Gasteiger partial charge in [0.05, 0.1) is 5.39 Å². The van der Waals surface area contributed by atoms with Gasteiger partial charge >= 0.3 is 0 Å². The van der Waals surface area contributed by atoms with Crippen LogP contribution in [0.2, 0.25) is 0 Å². The van der Waals surface area contributed by atoms with Crippen LogP contribution in [0.3, 0.4) is 0 Å². The molecule has 6 nitrogen and oxygen atoms in total. The molecule has 1 atom stereocenters. The maximum atomic E-state index is 5.76. The number of aromatic nitrogens is 3. The van der Waals surface area contributed by atoms with E-state index in [2.05, 4.69) is 31.7 Å². The summed E-state index contributed by atoms with van der Waals surface area (Å²) in [6, 6.07) is 5.29. The Kier molecular flexibility index (Phi) is 3.77. The fraction of sp³-hybridized carbons (Fsp3) is 0.588. The van der Waals surface area contributed by atoms with Gasteiger partial charge in [-0.05, 0) is 51.3 Å². The standard InChI is InChI=1S/C17H24N6/c1-12-3-2-8-23(12)13-6-9-22(10-7-13)17-14-4-5-15(18)21-16(14)19-11-20-17/h4-5,11-13H,2-3,6-10H2,1H3,(H2,18,19,20,21). The van der Waals surface area contributed by atoms with Crippen molar-refractivity contribution in [3.63, 3.8) is 0 Å². The van der Waals surface area contributed by atoms with E-state index in [1.807, 2.05) is 12.1 Å². The third-order valence-corrected chi connectivity index (χ3v) is 5.34. The number of likely N-dealkylation sites (tertiary alicyclic amines) is 1. The minimum absolute atomic E-state index is 0.504. The number of rotatable bonds is 2. The summed E-state index contributed by atoms with van der Waals surface area (Å²) in [5.41, 5.74) is 6.45. The summed E-state index contributed by atoms with van der Waals surface area (Å²) in [5.74, 6) is 1.50. The first kappa shape index (κ1) is 14.6. The molecule has 2 N–H and O–H groups in total. The van der Waals surface area contributed by atoms with E-state index in [1.54, 1.807) is 6.33 Å². The van der Waals surface area contributed by atoms with Crippen molar-refractivity contribution in [1.82, 2.24) is 19.9 Å². The zero-order chi connectivity index (χ0) is 15.8. The van der Waals surface area contributed by atoms with E-state index in [-0.39, 0.29) is 0 Å². The Bertz CT molecular complexity index is 695. The fourth-order valence-corrected chi connectivity index (χ4v) is 4.10. The summed E-state index contributed by atoms with van der Waals surface area (Å²) in [4.78, 5) is 18.2. The molecule has 0 spiro atoms. The third kappa shape index (κ3) is 2.72. The third-order valence-electron chi connectivity index (χ3n) is 5.34. The molecule has 2 aromatic heterocycles. The number of nitrogen functional groups attached to an aromatic ring is 1. The lowest BCUT2D eigenvalue weighted by Gasteiger charge is -2.39. The molecular weight excluding hydrogens is 288 g/mol. The van der Waals surface area contributed by atoms with Crippen molar-refractivity contribution < 1.29 is 0 Å². The molecule has 23 heavy (non-hydrogen) atoms. The van der Waals surface area contributed by atoms with E-state index < -0.39 is 0 Å². The zero-order valence-electron chi connectivity index (χ0n) is 13.6. The summed E-state index contributed by atoms with van der Waals surface area (Å²) in [5, 5.41) is 0.995. The lowest BCUT2D eigenvalue weighted by Crippen LogP contribution is -2.46. The Labute approximate surface area is 136 Å². The van der Waals surface area contributed by atoms with E-state index in [0.29, 0.717) is 11.5 Å². The van der Waals surface area contributed by atoms with Crippen LogP contribution in [-0.4, -0.2) is 51.6 Å². The molecule has 0 saturated carbocycles. The molecular formula is C17H24N6. The smallest absolute Gasteiger partial charge is 0.166 e. The summed E-state index contributed by atoms with van der Waals surface area (Å²) < 4.78 is 0. The van der Waals surface area contributed by atoms with Crippen LogP contribution < -0.4 is 10.6 Å². The number of nitrogens with zero attached hydrogens (tertiary/aromatic N) is 5. The van der Waals surface area contributed by atoms with Gasteiger partial charge in [0.25, 0.3) is 0 Å². The van der Waals surface area contributed by atoms with Crippen molar-refractivity contribution in [2.75, 3.05) is 30.3 Å². The van der Waals surface area contributed by atoms with Gasteiger partial charge < -0.3 is 10.6 Å². The normalized spacial score (nSPS) is 23.7. The first-order chi connectivity index (χ1) is 11.2. The van der Waals surface area contributed by atoms with Gasteiger partial charge in [0, 0.05) is 25.2 Å². The highest BCUT2D eigenvalue weighted by Gasteiger charge is 2.31. The van der Waals surface area contributed by atoms with Crippen molar-refractivity contribution in [2.24, 2.45) is 0 Å². The number of nitrogens with two attached hydrogens (primary N) is 1. The van der Waals surface area contributed by atoms with Gasteiger partial charge in [-0.2, -0.15) is 0 Å². The van der Waals surface area contributed by atoms with E-state index in [1.165, 1.54) is 32.2 Å². The van der Waals surface area contributed by atoms with Crippen molar-refractivity contribution >= 4 is 22.7 Å². The van der Waals surface area contributed by atoms with E-state index in [4.69, 9.17) is 5.73 Å². The number of piperidine rings is 1. The molecule has 2 fully saturated rings. The molecule has 0 aliphatic carbocycles. The predicted molar refractivity (Wildman–Crippen MR) is 92.4 cm³/mol. The number of pyridine rings is 1. The summed E-state index contributed by atoms with van der Waals surface area (Å²) in [6.07, 6.45) is 6.71. The summed E-state index contributed by atoms with van der Waals surface area (Å²) >= 11 is 0. The van der Waals surface area contributed by atoms with Crippen LogP contribution in [0.1, 0.15) is 32.6 Å². The van der Waals surface area contributed by atoms with E-state index in [0.717, 1.165) is 36.4 Å². The highest BCUT2D eigenvalue weighted by Crippen LogP contribution is 2.29. The highest BCUT2D eigenvalue weighted by atomic mass is 15.3. The van der Waals surface area contributed by atoms with Gasteiger partial charge in [-0.15, -0.1) is 0 Å². The predicted octanol–water partition coefficient (Wildman–Crippen LogP) is 2.06. The maximum Gasteiger partial charge on any atom is 0.166 e. The van der Waals surface area contributed by atoms with Gasteiger partial charge in [0.2, 0.25) is 0 Å². The molecule has 4 heterocycles. The van der Waals surface area contributed by atoms with Crippen LogP contribution in [-0.2, 0) is 0 Å². The molecule has 0 bridgehead atoms. The first-order valence-corrected chi connectivity index (χ1v) is 8.60. The largest absolute Gasteiger partial charge is 0.384 e. The maximum absolute atomic E-state index is 5.76. The van der Waals surface area contributed by atoms with Crippen molar-refractivity contribution in [3.05, 3.63) is 18.5 Å². The van der Waals surface area contributed by atoms with Crippen LogP contribution >= 0.6 is 0 Å². The van der Waals surface area contributed by atoms with E-state index in [9.17, 15) is 0 Å². The fourth-order valence-electron chi connectivity index (χ4n) is 4.10. The molecule has 4 rings (SSSR count). The highest BCUT2D eigenvalue weighted by molar-refractivity contribution is 5.87. The quantitative estimate of drug-likeness (QED) is 0.915. The molecule has 6 heteroatoms. The first-order valence-electron chi connectivity index (χ1n) is 8.60. The van der Waals surface area contributed by atoms with Gasteiger partial charge in [-0.25, -0.2) is 15.0 Å². The molecule has 2 aliphatic heterocycles. The Morgan fingerprint density at radius 1 is 1.09 bits per heavy atom. The van der Waals surface area contributed by atoms with Gasteiger partial charge in [-0.3, -0.25) is 4.90 Å². The van der Waals surface area contributed by atoms with E-state index >= 15 is 0 Å². The van der Waals surface area contributed by atoms with Crippen molar-refractivity contribution in [3.8, 4) is 0 Å². The molecule has 1 unspecified atom stereocenters. The Balaban J connectivity index is 1.52. The topological polar surface area (TPSA) is 71.2 Å². The average molecular weight is 312 g/mol. The lowest BCUT2D eigenvalue weighted by atomic mass is 10.0. The molecule has 2 aliphatic rings. The molecule has 2 aromatic rings. The second kappa shape index (κ2) is 5.92. The molecule has 0 amide bonds. The van der Waals surface area contributed by atoms with Crippen LogP contribution in [0, 0.1) is 0 Å². The van der Waals surface area contributed by atoms with Gasteiger partial charge in [0.1, 0.15) is 18.0 Å². The minimum atomic E-state index is 0.504. The van der Waals surface area contributed by atoms with Crippen LogP contribution in [0.15, 0.2) is 18.5 Å². The second-order valence-corrected chi connectivity index (χ2v) is 6.75. The Morgan fingerprint density at radius 2 is 1.91 bits per heavy atom. The molecule has 122 valence electrons. The van der Waals surface area contributed by atoms with Crippen molar-refractivity contribution in [2.45, 2.75) is 44.7 Å². The molecule has 2 saturated heterocycles. The lowest BCUT2D eigenvalue weighted by molar-refractivity contribution is 0.163. The van der Waals surface area contributed by atoms with Crippen LogP contribution in [0.25, 0.3) is 11.0 Å². The Morgan fingerprint density at radius 3 is 2.65 bits per heavy atom. The number of anilines is 2. The Hall–Kier alpha value is -1.95. The number of hydrogen-bond acceptors (Lipinski definition) is 6. The SMILES string of the molecule is CC1CCCN1C1CCN(c2ncnc3nc(N)ccc23)CC1. The zero-order valence-corrected chi connectivity index (χ0v) is 13.6. The molecule has 0 radical (unpaired) electrons. The monoisotopic (exact) mass is 312 g/mol. The molecule has 0 aromatic carbocycles. The average Bonchev–Trinajstić information content (AvgIpc) is 3.00.